The number of ether oxygens (including phenoxy) is 1. The Labute approximate surface area is 197 Å². The van der Waals surface area contributed by atoms with E-state index in [0.29, 0.717) is 30.5 Å². The molecule has 1 amide bonds. The summed E-state index contributed by atoms with van der Waals surface area (Å²) in [4.78, 5) is 22.2. The predicted molar refractivity (Wildman–Crippen MR) is 118 cm³/mol. The van der Waals surface area contributed by atoms with Crippen LogP contribution in [-0.4, -0.2) is 49.1 Å². The van der Waals surface area contributed by atoms with Gasteiger partial charge in [-0.3, -0.25) is 4.79 Å². The van der Waals surface area contributed by atoms with E-state index in [1.54, 1.807) is 13.0 Å². The SMILES string of the molecule is Cc1c([C@@H]2CCCN2C(=O)C(F)(F)C2(O)CC(C)(C)CC(C)(C)C2)noc1Oc1ccncn1. The average Bonchev–Trinajstić information content (AvgIpc) is 3.32. The van der Waals surface area contributed by atoms with Crippen LogP contribution in [0.4, 0.5) is 8.78 Å². The maximum absolute atomic E-state index is 15.8. The van der Waals surface area contributed by atoms with Crippen LogP contribution in [0.2, 0.25) is 0 Å². The van der Waals surface area contributed by atoms with Gasteiger partial charge in [-0.1, -0.05) is 32.9 Å². The van der Waals surface area contributed by atoms with Gasteiger partial charge in [-0.2, -0.15) is 8.78 Å². The molecule has 0 radical (unpaired) electrons. The summed E-state index contributed by atoms with van der Waals surface area (Å²) >= 11 is 0. The Balaban J connectivity index is 1.59. The van der Waals surface area contributed by atoms with Gasteiger partial charge in [-0.25, -0.2) is 9.97 Å². The lowest BCUT2D eigenvalue weighted by Gasteiger charge is -2.51. The van der Waals surface area contributed by atoms with Crippen molar-refractivity contribution in [1.29, 1.82) is 0 Å². The summed E-state index contributed by atoms with van der Waals surface area (Å²) < 4.78 is 42.5. The first-order valence-corrected chi connectivity index (χ1v) is 11.6. The van der Waals surface area contributed by atoms with E-state index in [4.69, 9.17) is 9.26 Å². The first-order chi connectivity index (χ1) is 15.7. The lowest BCUT2D eigenvalue weighted by Crippen LogP contribution is -2.62. The minimum atomic E-state index is -3.94. The van der Waals surface area contributed by atoms with Crippen molar-refractivity contribution in [3.63, 3.8) is 0 Å². The van der Waals surface area contributed by atoms with Gasteiger partial charge in [0.15, 0.2) is 0 Å². The van der Waals surface area contributed by atoms with Crippen LogP contribution in [0.5, 0.6) is 11.8 Å². The maximum Gasteiger partial charge on any atom is 0.352 e. The Morgan fingerprint density at radius 3 is 2.53 bits per heavy atom. The summed E-state index contributed by atoms with van der Waals surface area (Å²) in [6.07, 6.45) is 4.20. The number of rotatable bonds is 5. The number of aromatic nitrogens is 3. The second kappa shape index (κ2) is 8.25. The number of halogens is 2. The van der Waals surface area contributed by atoms with Crippen LogP contribution in [0, 0.1) is 17.8 Å². The molecule has 34 heavy (non-hydrogen) atoms. The van der Waals surface area contributed by atoms with Crippen molar-refractivity contribution < 1.29 is 27.9 Å². The number of carbonyl (C=O) groups is 1. The second-order valence-electron chi connectivity index (χ2n) is 11.3. The Hall–Kier alpha value is -2.62. The van der Waals surface area contributed by atoms with E-state index >= 15 is 8.78 Å². The zero-order valence-electron chi connectivity index (χ0n) is 20.3. The fourth-order valence-electron chi connectivity index (χ4n) is 6.13. The van der Waals surface area contributed by atoms with Gasteiger partial charge < -0.3 is 19.3 Å². The summed E-state index contributed by atoms with van der Waals surface area (Å²) in [6.45, 7) is 9.27. The van der Waals surface area contributed by atoms with Crippen molar-refractivity contribution in [1.82, 2.24) is 20.0 Å². The van der Waals surface area contributed by atoms with Crippen molar-refractivity contribution in [3.8, 4) is 11.8 Å². The summed E-state index contributed by atoms with van der Waals surface area (Å²) in [5, 5.41) is 15.3. The number of amides is 1. The molecule has 4 rings (SSSR count). The van der Waals surface area contributed by atoms with Crippen molar-refractivity contribution in [2.24, 2.45) is 10.8 Å². The smallest absolute Gasteiger partial charge is 0.352 e. The minimum absolute atomic E-state index is 0.0779. The van der Waals surface area contributed by atoms with E-state index in [1.165, 1.54) is 12.5 Å². The van der Waals surface area contributed by atoms with Crippen LogP contribution in [0.15, 0.2) is 23.1 Å². The number of alkyl halides is 2. The lowest BCUT2D eigenvalue weighted by atomic mass is 9.58. The summed E-state index contributed by atoms with van der Waals surface area (Å²) in [5.74, 6) is -4.99. The fraction of sp³-hybridized carbons (Fsp3) is 0.667. The molecule has 1 N–H and O–H groups in total. The first-order valence-electron chi connectivity index (χ1n) is 11.6. The fourth-order valence-corrected chi connectivity index (χ4v) is 6.13. The van der Waals surface area contributed by atoms with E-state index in [0.717, 1.165) is 4.90 Å². The van der Waals surface area contributed by atoms with Gasteiger partial charge in [0.05, 0.1) is 11.6 Å². The van der Waals surface area contributed by atoms with Crippen molar-refractivity contribution in [3.05, 3.63) is 29.8 Å². The molecule has 1 aliphatic heterocycles. The highest BCUT2D eigenvalue weighted by Gasteiger charge is 2.65. The molecule has 3 heterocycles. The van der Waals surface area contributed by atoms with Gasteiger partial charge >= 0.3 is 11.9 Å². The highest BCUT2D eigenvalue weighted by molar-refractivity contribution is 5.85. The van der Waals surface area contributed by atoms with E-state index in [1.807, 2.05) is 27.7 Å². The minimum Gasteiger partial charge on any atom is -0.405 e. The molecular weight excluding hydrogens is 446 g/mol. The third-order valence-electron chi connectivity index (χ3n) is 6.85. The quantitative estimate of drug-likeness (QED) is 0.657. The predicted octanol–water partition coefficient (Wildman–Crippen LogP) is 4.83. The van der Waals surface area contributed by atoms with Gasteiger partial charge in [-0.05, 0) is 49.9 Å². The molecule has 1 saturated carbocycles. The number of likely N-dealkylation sites (tertiary alicyclic amines) is 1. The molecule has 2 aromatic heterocycles. The summed E-state index contributed by atoms with van der Waals surface area (Å²) in [6, 6.07) is 0.847. The Bertz CT molecular complexity index is 1040. The van der Waals surface area contributed by atoms with Crippen LogP contribution in [0.3, 0.4) is 0 Å². The van der Waals surface area contributed by atoms with Crippen LogP contribution in [-0.2, 0) is 4.79 Å². The van der Waals surface area contributed by atoms with E-state index in [9.17, 15) is 9.90 Å². The maximum atomic E-state index is 15.8. The zero-order chi connectivity index (χ0) is 24.9. The Morgan fingerprint density at radius 1 is 1.24 bits per heavy atom. The lowest BCUT2D eigenvalue weighted by molar-refractivity contribution is -0.231. The Morgan fingerprint density at radius 2 is 1.91 bits per heavy atom. The van der Waals surface area contributed by atoms with Crippen molar-refractivity contribution in [2.75, 3.05) is 6.54 Å². The topological polar surface area (TPSA) is 102 Å². The molecule has 2 fully saturated rings. The third-order valence-corrected chi connectivity index (χ3v) is 6.85. The van der Waals surface area contributed by atoms with E-state index in [2.05, 4.69) is 15.1 Å². The van der Waals surface area contributed by atoms with Crippen molar-refractivity contribution >= 4 is 5.91 Å². The highest BCUT2D eigenvalue weighted by atomic mass is 19.3. The molecule has 8 nitrogen and oxygen atoms in total. The van der Waals surface area contributed by atoms with Crippen LogP contribution in [0.1, 0.15) is 77.1 Å². The molecule has 1 aliphatic carbocycles. The molecule has 1 saturated heterocycles. The van der Waals surface area contributed by atoms with Gasteiger partial charge in [0.1, 0.15) is 17.6 Å². The van der Waals surface area contributed by atoms with Crippen molar-refractivity contribution in [2.45, 2.75) is 84.3 Å². The average molecular weight is 479 g/mol. The molecule has 0 bridgehead atoms. The standard InChI is InChI=1S/C24H32F2N4O4/c1-15-18(29-34-19(15)33-17-8-9-27-14-28-17)16-7-6-10-30(16)20(31)24(25,26)23(32)12-21(2,3)11-22(4,5)13-23/h8-9,14,16,32H,6-7,10-13H2,1-5H3/t16-/m0/s1. The molecule has 2 aliphatic rings. The normalized spacial score (nSPS) is 23.6. The highest BCUT2D eigenvalue weighted by Crippen LogP contribution is 2.55. The largest absolute Gasteiger partial charge is 0.405 e. The number of hydrogen-bond donors (Lipinski definition) is 1. The zero-order valence-corrected chi connectivity index (χ0v) is 20.3. The third kappa shape index (κ3) is 4.39. The Kier molecular flexibility index (Phi) is 5.95. The number of carbonyl (C=O) groups excluding carboxylic acids is 1. The number of hydrogen-bond acceptors (Lipinski definition) is 7. The van der Waals surface area contributed by atoms with Crippen LogP contribution >= 0.6 is 0 Å². The van der Waals surface area contributed by atoms with E-state index < -0.39 is 34.3 Å². The van der Waals surface area contributed by atoms with Gasteiger partial charge in [-0.15, -0.1) is 0 Å². The molecule has 0 aromatic carbocycles. The van der Waals surface area contributed by atoms with Crippen LogP contribution in [0.25, 0.3) is 0 Å². The van der Waals surface area contributed by atoms with Crippen LogP contribution < -0.4 is 4.74 Å². The molecule has 0 spiro atoms. The summed E-state index contributed by atoms with van der Waals surface area (Å²) in [7, 11) is 0. The number of aliphatic hydroxyl groups is 1. The molecule has 10 heteroatoms. The second-order valence-corrected chi connectivity index (χ2v) is 11.3. The molecule has 186 valence electrons. The molecule has 0 unspecified atom stereocenters. The molecular formula is C24H32F2N4O4. The van der Waals surface area contributed by atoms with Gasteiger partial charge in [0.2, 0.25) is 5.88 Å². The molecule has 2 aromatic rings. The number of nitrogens with zero attached hydrogens (tertiary/aromatic N) is 4. The van der Waals surface area contributed by atoms with E-state index in [-0.39, 0.29) is 31.2 Å². The first kappa shape index (κ1) is 24.5. The monoisotopic (exact) mass is 478 g/mol. The van der Waals surface area contributed by atoms with Gasteiger partial charge in [0.25, 0.3) is 5.91 Å². The molecule has 1 atom stereocenters. The van der Waals surface area contributed by atoms with Gasteiger partial charge in [0, 0.05) is 18.8 Å². The summed E-state index contributed by atoms with van der Waals surface area (Å²) in [5.41, 5.74) is -2.61.